The molecule has 1 fully saturated rings. The predicted molar refractivity (Wildman–Crippen MR) is 101 cm³/mol. The van der Waals surface area contributed by atoms with E-state index in [4.69, 9.17) is 0 Å². The van der Waals surface area contributed by atoms with Gasteiger partial charge in [0.1, 0.15) is 0 Å². The number of amides is 2. The number of carbonyl (C=O) groups excluding carboxylic acids is 2. The van der Waals surface area contributed by atoms with Gasteiger partial charge in [-0.05, 0) is 30.7 Å². The van der Waals surface area contributed by atoms with Crippen LogP contribution in [0.1, 0.15) is 23.2 Å². The Labute approximate surface area is 155 Å². The first kappa shape index (κ1) is 18.0. The highest BCUT2D eigenvalue weighted by Crippen LogP contribution is 2.30. The Morgan fingerprint density at radius 2 is 1.85 bits per heavy atom. The SMILES string of the molecule is O=C(CSc1ccccc1C(=O)O)Nc1ccccc1N1CCCC1=O. The fourth-order valence-corrected chi connectivity index (χ4v) is 3.66. The second kappa shape index (κ2) is 8.05. The van der Waals surface area contributed by atoms with Crippen molar-refractivity contribution in [3.05, 3.63) is 54.1 Å². The number of thioether (sulfide) groups is 1. The monoisotopic (exact) mass is 370 g/mol. The van der Waals surface area contributed by atoms with Crippen LogP contribution in [-0.2, 0) is 9.59 Å². The number of carbonyl (C=O) groups is 3. The third-order valence-electron chi connectivity index (χ3n) is 4.02. The largest absolute Gasteiger partial charge is 0.478 e. The van der Waals surface area contributed by atoms with Gasteiger partial charge < -0.3 is 15.3 Å². The van der Waals surface area contributed by atoms with E-state index in [2.05, 4.69) is 5.32 Å². The van der Waals surface area contributed by atoms with Gasteiger partial charge in [0.15, 0.2) is 0 Å². The van der Waals surface area contributed by atoms with Crippen molar-refractivity contribution < 1.29 is 19.5 Å². The molecule has 1 saturated heterocycles. The summed E-state index contributed by atoms with van der Waals surface area (Å²) in [5.41, 5.74) is 1.45. The Balaban J connectivity index is 1.68. The van der Waals surface area contributed by atoms with Crippen LogP contribution < -0.4 is 10.2 Å². The molecule has 134 valence electrons. The summed E-state index contributed by atoms with van der Waals surface area (Å²) < 4.78 is 0. The Hall–Kier alpha value is -2.80. The van der Waals surface area contributed by atoms with Crippen LogP contribution in [0, 0.1) is 0 Å². The second-order valence-corrected chi connectivity index (χ2v) is 6.82. The highest BCUT2D eigenvalue weighted by atomic mass is 32.2. The van der Waals surface area contributed by atoms with E-state index in [-0.39, 0.29) is 23.1 Å². The molecule has 3 rings (SSSR count). The second-order valence-electron chi connectivity index (χ2n) is 5.80. The summed E-state index contributed by atoms with van der Waals surface area (Å²) in [6, 6.07) is 13.8. The number of aromatic carboxylic acids is 1. The fraction of sp³-hybridized carbons (Fsp3) is 0.211. The van der Waals surface area contributed by atoms with E-state index in [1.54, 1.807) is 35.2 Å². The summed E-state index contributed by atoms with van der Waals surface area (Å²) in [6.07, 6.45) is 1.33. The number of rotatable bonds is 6. The third-order valence-corrected chi connectivity index (χ3v) is 5.09. The van der Waals surface area contributed by atoms with Gasteiger partial charge in [0.25, 0.3) is 0 Å². The molecule has 2 aromatic carbocycles. The van der Waals surface area contributed by atoms with E-state index in [9.17, 15) is 19.5 Å². The number of para-hydroxylation sites is 2. The molecule has 2 N–H and O–H groups in total. The molecular weight excluding hydrogens is 352 g/mol. The van der Waals surface area contributed by atoms with Gasteiger partial charge in [-0.15, -0.1) is 11.8 Å². The van der Waals surface area contributed by atoms with E-state index < -0.39 is 5.97 Å². The Bertz CT molecular complexity index is 853. The van der Waals surface area contributed by atoms with Crippen molar-refractivity contribution in [2.24, 2.45) is 0 Å². The van der Waals surface area contributed by atoms with E-state index in [0.29, 0.717) is 29.2 Å². The summed E-state index contributed by atoms with van der Waals surface area (Å²) in [6.45, 7) is 0.645. The molecule has 0 aliphatic carbocycles. The van der Waals surface area contributed by atoms with E-state index in [1.807, 2.05) is 12.1 Å². The van der Waals surface area contributed by atoms with E-state index in [0.717, 1.165) is 6.42 Å². The molecule has 26 heavy (non-hydrogen) atoms. The van der Waals surface area contributed by atoms with Crippen LogP contribution in [0.4, 0.5) is 11.4 Å². The summed E-state index contributed by atoms with van der Waals surface area (Å²) >= 11 is 1.17. The topological polar surface area (TPSA) is 86.7 Å². The molecule has 1 heterocycles. The molecule has 2 aromatic rings. The number of hydrogen-bond acceptors (Lipinski definition) is 4. The normalized spacial score (nSPS) is 13.7. The van der Waals surface area contributed by atoms with Crippen molar-refractivity contribution in [3.63, 3.8) is 0 Å². The highest BCUT2D eigenvalue weighted by molar-refractivity contribution is 8.00. The minimum atomic E-state index is -1.02. The van der Waals surface area contributed by atoms with Crippen molar-refractivity contribution in [3.8, 4) is 0 Å². The molecule has 0 atom stereocenters. The first-order valence-corrected chi connectivity index (χ1v) is 9.19. The minimum absolute atomic E-state index is 0.0523. The first-order chi connectivity index (χ1) is 12.6. The Morgan fingerprint density at radius 3 is 2.58 bits per heavy atom. The van der Waals surface area contributed by atoms with Crippen LogP contribution in [0.25, 0.3) is 0 Å². The summed E-state index contributed by atoms with van der Waals surface area (Å²) in [7, 11) is 0. The quantitative estimate of drug-likeness (QED) is 0.763. The van der Waals surface area contributed by atoms with Crippen LogP contribution in [0.3, 0.4) is 0 Å². The molecule has 1 aliphatic heterocycles. The number of carboxylic acid groups (broad SMARTS) is 1. The van der Waals surface area contributed by atoms with Gasteiger partial charge in [0, 0.05) is 17.9 Å². The van der Waals surface area contributed by atoms with Gasteiger partial charge >= 0.3 is 5.97 Å². The van der Waals surface area contributed by atoms with Crippen LogP contribution in [0.15, 0.2) is 53.4 Å². The van der Waals surface area contributed by atoms with E-state index >= 15 is 0 Å². The molecule has 0 aromatic heterocycles. The lowest BCUT2D eigenvalue weighted by Gasteiger charge is -2.20. The lowest BCUT2D eigenvalue weighted by atomic mass is 10.2. The maximum absolute atomic E-state index is 12.3. The van der Waals surface area contributed by atoms with Crippen molar-refractivity contribution in [1.82, 2.24) is 0 Å². The van der Waals surface area contributed by atoms with Crippen LogP contribution in [0.5, 0.6) is 0 Å². The zero-order valence-corrected chi connectivity index (χ0v) is 14.8. The number of hydrogen-bond donors (Lipinski definition) is 2. The molecule has 2 amide bonds. The fourth-order valence-electron chi connectivity index (χ4n) is 2.82. The van der Waals surface area contributed by atoms with Gasteiger partial charge in [0.05, 0.1) is 22.7 Å². The maximum Gasteiger partial charge on any atom is 0.336 e. The van der Waals surface area contributed by atoms with Crippen molar-refractivity contribution in [2.75, 3.05) is 22.5 Å². The molecule has 0 unspecified atom stereocenters. The molecule has 6 nitrogen and oxygen atoms in total. The first-order valence-electron chi connectivity index (χ1n) is 8.20. The number of nitrogens with one attached hydrogen (secondary N) is 1. The smallest absolute Gasteiger partial charge is 0.336 e. The third kappa shape index (κ3) is 4.05. The number of carboxylic acids is 1. The van der Waals surface area contributed by atoms with Gasteiger partial charge in [-0.1, -0.05) is 24.3 Å². The minimum Gasteiger partial charge on any atom is -0.478 e. The maximum atomic E-state index is 12.3. The van der Waals surface area contributed by atoms with Crippen molar-refractivity contribution in [2.45, 2.75) is 17.7 Å². The van der Waals surface area contributed by atoms with Gasteiger partial charge in [-0.3, -0.25) is 9.59 Å². The van der Waals surface area contributed by atoms with Gasteiger partial charge in [-0.2, -0.15) is 0 Å². The molecule has 0 saturated carbocycles. The number of nitrogens with zero attached hydrogens (tertiary/aromatic N) is 1. The lowest BCUT2D eigenvalue weighted by molar-refractivity contribution is -0.117. The number of anilines is 2. The highest BCUT2D eigenvalue weighted by Gasteiger charge is 2.24. The average molecular weight is 370 g/mol. The molecule has 1 aliphatic rings. The van der Waals surface area contributed by atoms with Gasteiger partial charge in [-0.25, -0.2) is 4.79 Å². The van der Waals surface area contributed by atoms with Crippen LogP contribution in [-0.4, -0.2) is 35.2 Å². The lowest BCUT2D eigenvalue weighted by Crippen LogP contribution is -2.26. The molecule has 0 bridgehead atoms. The Kier molecular flexibility index (Phi) is 5.58. The molecular formula is C19H18N2O4S. The summed E-state index contributed by atoms with van der Waals surface area (Å²) in [4.78, 5) is 37.8. The number of benzene rings is 2. The molecule has 7 heteroatoms. The zero-order valence-electron chi connectivity index (χ0n) is 14.0. The molecule has 0 spiro atoms. The summed E-state index contributed by atoms with van der Waals surface area (Å²) in [5.74, 6) is -1.15. The standard InChI is InChI=1S/C19H18N2O4S/c22-17(12-26-16-9-4-1-6-13(16)19(24)25)20-14-7-2-3-8-15(14)21-11-5-10-18(21)23/h1-4,6-9H,5,10-12H2,(H,20,22)(H,24,25). The Morgan fingerprint density at radius 1 is 1.12 bits per heavy atom. The zero-order chi connectivity index (χ0) is 18.5. The van der Waals surface area contributed by atoms with E-state index in [1.165, 1.54) is 17.8 Å². The summed E-state index contributed by atoms with van der Waals surface area (Å²) in [5, 5.41) is 12.0. The van der Waals surface area contributed by atoms with Crippen molar-refractivity contribution in [1.29, 1.82) is 0 Å². The van der Waals surface area contributed by atoms with Crippen LogP contribution in [0.2, 0.25) is 0 Å². The van der Waals surface area contributed by atoms with Crippen LogP contribution >= 0.6 is 11.8 Å². The van der Waals surface area contributed by atoms with Crippen molar-refractivity contribution >= 4 is 40.9 Å². The molecule has 0 radical (unpaired) electrons. The average Bonchev–Trinajstić information content (AvgIpc) is 3.06. The van der Waals surface area contributed by atoms with Gasteiger partial charge in [0.2, 0.25) is 11.8 Å². The predicted octanol–water partition coefficient (Wildman–Crippen LogP) is 3.24.